The van der Waals surface area contributed by atoms with Crippen LogP contribution in [0.2, 0.25) is 0 Å². The summed E-state index contributed by atoms with van der Waals surface area (Å²) in [4.78, 5) is 0. The SMILES string of the molecule is CC(C)CNCC(CCC1CCCO1)c1ccc(Br)cc1. The average Bonchev–Trinajstić information content (AvgIpc) is 2.96. The van der Waals surface area contributed by atoms with Crippen LogP contribution in [0.1, 0.15) is 51.0 Å². The molecule has 2 atom stereocenters. The molecule has 2 rings (SSSR count). The summed E-state index contributed by atoms with van der Waals surface area (Å²) in [5.41, 5.74) is 1.44. The van der Waals surface area contributed by atoms with E-state index in [1.165, 1.54) is 31.2 Å². The van der Waals surface area contributed by atoms with Gasteiger partial charge in [0.2, 0.25) is 0 Å². The predicted octanol–water partition coefficient (Wildman–Crippen LogP) is 4.74. The molecule has 0 spiro atoms. The first-order valence-corrected chi connectivity index (χ1v) is 9.02. The molecule has 1 saturated heterocycles. The van der Waals surface area contributed by atoms with E-state index in [2.05, 4.69) is 59.4 Å². The molecule has 0 aromatic heterocycles. The van der Waals surface area contributed by atoms with Gasteiger partial charge in [0.15, 0.2) is 0 Å². The van der Waals surface area contributed by atoms with E-state index in [1.807, 2.05) is 0 Å². The Morgan fingerprint density at radius 3 is 2.62 bits per heavy atom. The zero-order chi connectivity index (χ0) is 15.1. The van der Waals surface area contributed by atoms with Crippen molar-refractivity contribution in [3.05, 3.63) is 34.3 Å². The molecule has 2 nitrogen and oxygen atoms in total. The van der Waals surface area contributed by atoms with Crippen molar-refractivity contribution in [2.45, 2.75) is 51.6 Å². The van der Waals surface area contributed by atoms with Crippen molar-refractivity contribution in [1.29, 1.82) is 0 Å². The van der Waals surface area contributed by atoms with Crippen LogP contribution in [0.5, 0.6) is 0 Å². The zero-order valence-corrected chi connectivity index (χ0v) is 14.9. The summed E-state index contributed by atoms with van der Waals surface area (Å²) in [6.07, 6.45) is 5.36. The highest BCUT2D eigenvalue weighted by atomic mass is 79.9. The smallest absolute Gasteiger partial charge is 0.0576 e. The van der Waals surface area contributed by atoms with Gasteiger partial charge >= 0.3 is 0 Å². The maximum absolute atomic E-state index is 5.77. The molecule has 1 aromatic carbocycles. The lowest BCUT2D eigenvalue weighted by Gasteiger charge is -2.21. The molecule has 1 heterocycles. The van der Waals surface area contributed by atoms with Gasteiger partial charge in [0.05, 0.1) is 6.10 Å². The molecule has 0 aliphatic carbocycles. The normalized spacial score (nSPS) is 20.1. The number of rotatable bonds is 8. The Bertz CT molecular complexity index is 398. The van der Waals surface area contributed by atoms with Crippen LogP contribution in [0.25, 0.3) is 0 Å². The Morgan fingerprint density at radius 1 is 1.24 bits per heavy atom. The van der Waals surface area contributed by atoms with Gasteiger partial charge < -0.3 is 10.1 Å². The first-order valence-electron chi connectivity index (χ1n) is 8.23. The van der Waals surface area contributed by atoms with Crippen molar-refractivity contribution in [2.24, 2.45) is 5.92 Å². The van der Waals surface area contributed by atoms with Crippen molar-refractivity contribution < 1.29 is 4.74 Å². The number of halogens is 1. The maximum atomic E-state index is 5.77. The van der Waals surface area contributed by atoms with Gasteiger partial charge in [0.25, 0.3) is 0 Å². The third-order valence-corrected chi connectivity index (χ3v) is 4.67. The molecule has 118 valence electrons. The van der Waals surface area contributed by atoms with Crippen LogP contribution in [-0.4, -0.2) is 25.8 Å². The van der Waals surface area contributed by atoms with E-state index >= 15 is 0 Å². The highest BCUT2D eigenvalue weighted by molar-refractivity contribution is 9.10. The lowest BCUT2D eigenvalue weighted by Crippen LogP contribution is -2.26. The third kappa shape index (κ3) is 6.09. The molecular weight excluding hydrogens is 326 g/mol. The minimum Gasteiger partial charge on any atom is -0.378 e. The van der Waals surface area contributed by atoms with Gasteiger partial charge in [-0.25, -0.2) is 0 Å². The molecule has 0 radical (unpaired) electrons. The summed E-state index contributed by atoms with van der Waals surface area (Å²) < 4.78 is 6.93. The van der Waals surface area contributed by atoms with Crippen LogP contribution < -0.4 is 5.32 Å². The van der Waals surface area contributed by atoms with Crippen LogP contribution in [-0.2, 0) is 4.74 Å². The summed E-state index contributed by atoms with van der Waals surface area (Å²) in [6.45, 7) is 7.63. The van der Waals surface area contributed by atoms with Crippen molar-refractivity contribution in [2.75, 3.05) is 19.7 Å². The second-order valence-electron chi connectivity index (χ2n) is 6.51. The van der Waals surface area contributed by atoms with E-state index in [0.717, 1.165) is 24.2 Å². The number of hydrogen-bond acceptors (Lipinski definition) is 2. The van der Waals surface area contributed by atoms with Gasteiger partial charge in [0, 0.05) is 17.6 Å². The number of benzene rings is 1. The number of hydrogen-bond donors (Lipinski definition) is 1. The average molecular weight is 354 g/mol. The Balaban J connectivity index is 1.90. The van der Waals surface area contributed by atoms with E-state index in [9.17, 15) is 0 Å². The third-order valence-electron chi connectivity index (χ3n) is 4.15. The molecule has 0 bridgehead atoms. The predicted molar refractivity (Wildman–Crippen MR) is 92.8 cm³/mol. The second-order valence-corrected chi connectivity index (χ2v) is 7.43. The molecule has 2 unspecified atom stereocenters. The van der Waals surface area contributed by atoms with E-state index in [4.69, 9.17) is 4.74 Å². The fraction of sp³-hybridized carbons (Fsp3) is 0.667. The number of ether oxygens (including phenoxy) is 1. The Hall–Kier alpha value is -0.380. The van der Waals surface area contributed by atoms with Crippen molar-refractivity contribution >= 4 is 15.9 Å². The first kappa shape index (κ1) is 17.0. The summed E-state index contributed by atoms with van der Waals surface area (Å²) in [6, 6.07) is 8.80. The Labute approximate surface area is 137 Å². The minimum absolute atomic E-state index is 0.494. The van der Waals surface area contributed by atoms with Crippen LogP contribution in [0.4, 0.5) is 0 Å². The minimum atomic E-state index is 0.494. The fourth-order valence-electron chi connectivity index (χ4n) is 2.93. The van der Waals surface area contributed by atoms with Crippen molar-refractivity contribution in [3.63, 3.8) is 0 Å². The molecule has 21 heavy (non-hydrogen) atoms. The Morgan fingerprint density at radius 2 is 2.00 bits per heavy atom. The van der Waals surface area contributed by atoms with E-state index in [-0.39, 0.29) is 0 Å². The molecular formula is C18H28BrNO. The summed E-state index contributed by atoms with van der Waals surface area (Å²) in [5, 5.41) is 3.62. The van der Waals surface area contributed by atoms with Gasteiger partial charge in [-0.1, -0.05) is 41.9 Å². The van der Waals surface area contributed by atoms with Crippen LogP contribution in [0.15, 0.2) is 28.7 Å². The molecule has 3 heteroatoms. The molecule has 1 N–H and O–H groups in total. The zero-order valence-electron chi connectivity index (χ0n) is 13.3. The lowest BCUT2D eigenvalue weighted by atomic mass is 9.92. The van der Waals surface area contributed by atoms with Crippen LogP contribution >= 0.6 is 15.9 Å². The lowest BCUT2D eigenvalue weighted by molar-refractivity contribution is 0.100. The standard InChI is InChI=1S/C18H28BrNO/c1-14(2)12-20-13-16(7-10-18-4-3-11-21-18)15-5-8-17(19)9-6-15/h5-6,8-9,14,16,18,20H,3-4,7,10-13H2,1-2H3. The highest BCUT2D eigenvalue weighted by Gasteiger charge is 2.19. The molecule has 1 fully saturated rings. The van der Waals surface area contributed by atoms with Gasteiger partial charge in [-0.2, -0.15) is 0 Å². The Kier molecular flexibility index (Phi) is 7.21. The summed E-state index contributed by atoms with van der Waals surface area (Å²) in [5.74, 6) is 1.29. The quantitative estimate of drug-likeness (QED) is 0.728. The topological polar surface area (TPSA) is 21.3 Å². The first-order chi connectivity index (χ1) is 10.1. The van der Waals surface area contributed by atoms with E-state index < -0.39 is 0 Å². The molecule has 1 aromatic rings. The van der Waals surface area contributed by atoms with E-state index in [0.29, 0.717) is 17.9 Å². The molecule has 1 aliphatic heterocycles. The van der Waals surface area contributed by atoms with E-state index in [1.54, 1.807) is 0 Å². The van der Waals surface area contributed by atoms with Gasteiger partial charge in [-0.05, 0) is 61.8 Å². The highest BCUT2D eigenvalue weighted by Crippen LogP contribution is 2.26. The maximum Gasteiger partial charge on any atom is 0.0576 e. The van der Waals surface area contributed by atoms with Crippen LogP contribution in [0, 0.1) is 5.92 Å². The monoisotopic (exact) mass is 353 g/mol. The summed E-state index contributed by atoms with van der Waals surface area (Å²) >= 11 is 3.52. The molecule has 1 aliphatic rings. The van der Waals surface area contributed by atoms with Crippen molar-refractivity contribution in [3.8, 4) is 0 Å². The molecule has 0 amide bonds. The van der Waals surface area contributed by atoms with Gasteiger partial charge in [0.1, 0.15) is 0 Å². The fourth-order valence-corrected chi connectivity index (χ4v) is 3.19. The second kappa shape index (κ2) is 8.92. The summed E-state index contributed by atoms with van der Waals surface area (Å²) in [7, 11) is 0. The van der Waals surface area contributed by atoms with Crippen molar-refractivity contribution in [1.82, 2.24) is 5.32 Å². The van der Waals surface area contributed by atoms with Crippen LogP contribution in [0.3, 0.4) is 0 Å². The van der Waals surface area contributed by atoms with Gasteiger partial charge in [-0.15, -0.1) is 0 Å². The molecule has 0 saturated carbocycles. The number of nitrogens with one attached hydrogen (secondary N) is 1. The largest absolute Gasteiger partial charge is 0.378 e. The van der Waals surface area contributed by atoms with Gasteiger partial charge in [-0.3, -0.25) is 0 Å².